The maximum atomic E-state index is 14.1. The Kier molecular flexibility index (Phi) is 6.40. The van der Waals surface area contributed by atoms with Crippen molar-refractivity contribution in [1.29, 1.82) is 0 Å². The van der Waals surface area contributed by atoms with Crippen LogP contribution in [0.1, 0.15) is 10.4 Å². The number of nitrogens with zero attached hydrogens (tertiary/aromatic N) is 1. The van der Waals surface area contributed by atoms with E-state index in [0.29, 0.717) is 41.9 Å². The molecular weight excluding hydrogens is 503 g/mol. The summed E-state index contributed by atoms with van der Waals surface area (Å²) in [4.78, 5) is 17.4. The molecule has 2 aliphatic carbocycles. The van der Waals surface area contributed by atoms with Crippen LogP contribution in [0.15, 0.2) is 84.4 Å². The predicted molar refractivity (Wildman–Crippen MR) is 142 cm³/mol. The van der Waals surface area contributed by atoms with Gasteiger partial charge in [0.1, 0.15) is 30.5 Å². The quantitative estimate of drug-likeness (QED) is 0.476. The van der Waals surface area contributed by atoms with E-state index < -0.39 is 11.7 Å². The second kappa shape index (κ2) is 10.2. The molecule has 0 spiro atoms. The summed E-state index contributed by atoms with van der Waals surface area (Å²) in [7, 11) is 3.17. The number of hydrogen-bond acceptors (Lipinski definition) is 7. The first-order valence-electron chi connectivity index (χ1n) is 12.4. The molecule has 3 aliphatic rings. The van der Waals surface area contributed by atoms with Gasteiger partial charge in [-0.25, -0.2) is 4.39 Å². The molecule has 2 heterocycles. The van der Waals surface area contributed by atoms with Gasteiger partial charge in [-0.2, -0.15) is 0 Å². The van der Waals surface area contributed by atoms with Crippen LogP contribution in [0.3, 0.4) is 0 Å². The first kappa shape index (κ1) is 24.5. The third-order valence-corrected chi connectivity index (χ3v) is 6.70. The number of hydrogen-bond donors (Lipinski definition) is 1. The van der Waals surface area contributed by atoms with Gasteiger partial charge in [-0.15, -0.1) is 0 Å². The fraction of sp³-hybridized carbons (Fsp3) is 0.200. The highest BCUT2D eigenvalue weighted by atomic mass is 19.1. The lowest BCUT2D eigenvalue weighted by molar-refractivity contribution is 0.0954. The van der Waals surface area contributed by atoms with Gasteiger partial charge in [-0.1, -0.05) is 18.2 Å². The van der Waals surface area contributed by atoms with Crippen LogP contribution < -0.4 is 29.0 Å². The number of ether oxygens (including phenoxy) is 5. The number of methoxy groups -OCH3 is 2. The number of carbonyl (C=O) groups is 1. The molecule has 1 N–H and O–H groups in total. The summed E-state index contributed by atoms with van der Waals surface area (Å²) in [5.41, 5.74) is 1.43. The molecule has 0 saturated carbocycles. The van der Waals surface area contributed by atoms with Crippen LogP contribution in [0.2, 0.25) is 0 Å². The van der Waals surface area contributed by atoms with Gasteiger partial charge in [0.25, 0.3) is 5.91 Å². The van der Waals surface area contributed by atoms with E-state index in [9.17, 15) is 9.18 Å². The van der Waals surface area contributed by atoms with E-state index in [0.717, 1.165) is 17.0 Å². The van der Waals surface area contributed by atoms with Gasteiger partial charge in [0, 0.05) is 41.2 Å². The fourth-order valence-corrected chi connectivity index (χ4v) is 4.82. The number of halogens is 1. The zero-order chi connectivity index (χ0) is 26.9. The summed E-state index contributed by atoms with van der Waals surface area (Å²) < 4.78 is 42.2. The van der Waals surface area contributed by atoms with Crippen LogP contribution >= 0.6 is 0 Å². The van der Waals surface area contributed by atoms with Gasteiger partial charge in [-0.05, 0) is 36.4 Å². The second-order valence-corrected chi connectivity index (χ2v) is 9.13. The minimum absolute atomic E-state index is 0.0113. The van der Waals surface area contributed by atoms with Crippen LogP contribution in [0.25, 0.3) is 10.9 Å². The SMILES string of the molecule is COc1cc2nccc(OC3=CC4C=CC(NC(=O)c5cc(F)cc6c5OCCO6)=CC4C=C3)c2cc1OC. The highest BCUT2D eigenvalue weighted by Gasteiger charge is 2.25. The molecule has 39 heavy (non-hydrogen) atoms. The van der Waals surface area contributed by atoms with Crippen molar-refractivity contribution in [2.45, 2.75) is 0 Å². The number of amides is 1. The molecule has 0 saturated heterocycles. The summed E-state index contributed by atoms with van der Waals surface area (Å²) in [5.74, 6) is 2.00. The normalized spacial score (nSPS) is 19.1. The average molecular weight is 529 g/mol. The Morgan fingerprint density at radius 1 is 0.974 bits per heavy atom. The Balaban J connectivity index is 1.18. The van der Waals surface area contributed by atoms with E-state index in [1.165, 1.54) is 6.07 Å². The number of benzene rings is 2. The average Bonchev–Trinajstić information content (AvgIpc) is 2.96. The standard InChI is InChI=1S/C30H25FN2O6/c1-35-26-15-22-24(16-27(26)36-2)32-8-7-25(22)39-21-6-4-17-11-20(5-3-18(17)12-21)33-30(34)23-13-19(31)14-28-29(23)38-10-9-37-28/h3-8,11-18H,9-10H2,1-2H3,(H,33,34). The first-order valence-corrected chi connectivity index (χ1v) is 12.4. The third kappa shape index (κ3) is 4.79. The number of nitrogens with one attached hydrogen (secondary N) is 1. The molecule has 8 nitrogen and oxygen atoms in total. The summed E-state index contributed by atoms with van der Waals surface area (Å²) in [6.45, 7) is 0.601. The highest BCUT2D eigenvalue weighted by molar-refractivity contribution is 5.99. The minimum Gasteiger partial charge on any atom is -0.493 e. The summed E-state index contributed by atoms with van der Waals surface area (Å²) in [5, 5.41) is 3.65. The Labute approximate surface area is 224 Å². The second-order valence-electron chi connectivity index (χ2n) is 9.13. The molecule has 1 amide bonds. The van der Waals surface area contributed by atoms with Gasteiger partial charge >= 0.3 is 0 Å². The van der Waals surface area contributed by atoms with Crippen LogP contribution in [0.4, 0.5) is 4.39 Å². The Morgan fingerprint density at radius 3 is 2.59 bits per heavy atom. The molecule has 2 unspecified atom stereocenters. The predicted octanol–water partition coefficient (Wildman–Crippen LogP) is 5.11. The third-order valence-electron chi connectivity index (χ3n) is 6.70. The molecule has 9 heteroatoms. The number of pyridine rings is 1. The molecule has 1 aromatic heterocycles. The molecule has 0 bridgehead atoms. The van der Waals surface area contributed by atoms with Crippen molar-refractivity contribution in [3.05, 3.63) is 95.8 Å². The zero-order valence-corrected chi connectivity index (χ0v) is 21.3. The van der Waals surface area contributed by atoms with Crippen LogP contribution in [0.5, 0.6) is 28.7 Å². The van der Waals surface area contributed by atoms with Crippen molar-refractivity contribution in [2.75, 3.05) is 27.4 Å². The maximum Gasteiger partial charge on any atom is 0.259 e. The lowest BCUT2D eigenvalue weighted by Gasteiger charge is -2.26. The molecule has 2 aromatic carbocycles. The lowest BCUT2D eigenvalue weighted by atomic mass is 9.84. The number of fused-ring (bicyclic) bond motifs is 3. The van der Waals surface area contributed by atoms with Crippen LogP contribution in [-0.4, -0.2) is 38.3 Å². The summed E-state index contributed by atoms with van der Waals surface area (Å²) in [6, 6.07) is 7.83. The first-order chi connectivity index (χ1) is 19.0. The van der Waals surface area contributed by atoms with Gasteiger partial charge in [0.15, 0.2) is 23.0 Å². The minimum atomic E-state index is -0.565. The van der Waals surface area contributed by atoms with E-state index in [1.54, 1.807) is 26.5 Å². The molecule has 6 rings (SSSR count). The summed E-state index contributed by atoms with van der Waals surface area (Å²) >= 11 is 0. The van der Waals surface area contributed by atoms with Gasteiger partial charge in [-0.3, -0.25) is 9.78 Å². The van der Waals surface area contributed by atoms with E-state index in [-0.39, 0.29) is 28.9 Å². The van der Waals surface area contributed by atoms with E-state index >= 15 is 0 Å². The Bertz CT molecular complexity index is 1590. The highest BCUT2D eigenvalue weighted by Crippen LogP contribution is 2.38. The molecule has 1 aliphatic heterocycles. The van der Waals surface area contributed by atoms with E-state index in [2.05, 4.69) is 10.3 Å². The molecule has 2 atom stereocenters. The Morgan fingerprint density at radius 2 is 1.74 bits per heavy atom. The largest absolute Gasteiger partial charge is 0.493 e. The number of rotatable bonds is 6. The lowest BCUT2D eigenvalue weighted by Crippen LogP contribution is -2.27. The maximum absolute atomic E-state index is 14.1. The topological polar surface area (TPSA) is 88.1 Å². The van der Waals surface area contributed by atoms with Crippen molar-refractivity contribution >= 4 is 16.8 Å². The molecule has 0 fully saturated rings. The van der Waals surface area contributed by atoms with Crippen LogP contribution in [0, 0.1) is 17.7 Å². The molecular formula is C30H25FN2O6. The number of allylic oxidation sites excluding steroid dienone is 6. The van der Waals surface area contributed by atoms with Gasteiger partial charge in [0.2, 0.25) is 0 Å². The van der Waals surface area contributed by atoms with Crippen molar-refractivity contribution in [1.82, 2.24) is 10.3 Å². The summed E-state index contributed by atoms with van der Waals surface area (Å²) in [6.07, 6.45) is 13.4. The van der Waals surface area contributed by atoms with Crippen molar-refractivity contribution in [3.8, 4) is 28.7 Å². The van der Waals surface area contributed by atoms with Crippen molar-refractivity contribution in [3.63, 3.8) is 0 Å². The van der Waals surface area contributed by atoms with Gasteiger partial charge < -0.3 is 29.0 Å². The fourth-order valence-electron chi connectivity index (χ4n) is 4.82. The molecule has 0 radical (unpaired) electrons. The Hall–Kier alpha value is -4.79. The molecule has 3 aromatic rings. The van der Waals surface area contributed by atoms with Crippen LogP contribution in [-0.2, 0) is 0 Å². The monoisotopic (exact) mass is 528 g/mol. The van der Waals surface area contributed by atoms with Crippen molar-refractivity contribution in [2.24, 2.45) is 11.8 Å². The molecule has 198 valence electrons. The zero-order valence-electron chi connectivity index (χ0n) is 21.3. The van der Waals surface area contributed by atoms with E-state index in [4.69, 9.17) is 23.7 Å². The van der Waals surface area contributed by atoms with Crippen molar-refractivity contribution < 1.29 is 32.9 Å². The van der Waals surface area contributed by atoms with Gasteiger partial charge in [0.05, 0.1) is 25.3 Å². The smallest absolute Gasteiger partial charge is 0.259 e. The number of aromatic nitrogens is 1. The number of carbonyl (C=O) groups excluding carboxylic acids is 1. The van der Waals surface area contributed by atoms with E-state index in [1.807, 2.05) is 48.6 Å².